The van der Waals surface area contributed by atoms with Crippen molar-refractivity contribution in [2.45, 2.75) is 38.1 Å². The number of carbonyl (C=O) groups excluding carboxylic acids is 1. The molecule has 1 aliphatic rings. The fourth-order valence-corrected chi connectivity index (χ4v) is 3.67. The van der Waals surface area contributed by atoms with Crippen LogP contribution >= 0.6 is 0 Å². The second-order valence-corrected chi connectivity index (χ2v) is 7.76. The number of aromatic nitrogens is 2. The number of amides is 1. The highest BCUT2D eigenvalue weighted by molar-refractivity contribution is 5.96. The van der Waals surface area contributed by atoms with E-state index in [1.165, 1.54) is 0 Å². The highest BCUT2D eigenvalue weighted by Crippen LogP contribution is 2.28. The summed E-state index contributed by atoms with van der Waals surface area (Å²) in [4.78, 5) is 42.5. The van der Waals surface area contributed by atoms with Gasteiger partial charge in [-0.2, -0.15) is 4.98 Å². The van der Waals surface area contributed by atoms with Crippen molar-refractivity contribution >= 4 is 35.3 Å². The number of rotatable bonds is 9. The zero-order valence-corrected chi connectivity index (χ0v) is 17.4. The van der Waals surface area contributed by atoms with Crippen molar-refractivity contribution in [2.24, 2.45) is 5.92 Å². The van der Waals surface area contributed by atoms with Gasteiger partial charge in [-0.25, -0.2) is 9.78 Å². The lowest BCUT2D eigenvalue weighted by Gasteiger charge is -2.25. The maximum Gasteiger partial charge on any atom is 0.326 e. The molecule has 8 N–H and O–H groups in total. The molecule has 0 bridgehead atoms. The molecule has 11 heteroatoms. The average Bonchev–Trinajstić information content (AvgIpc) is 2.75. The minimum Gasteiger partial charge on any atom is -0.481 e. The van der Waals surface area contributed by atoms with Crippen LogP contribution in [0, 0.1) is 5.92 Å². The van der Waals surface area contributed by atoms with Gasteiger partial charge in [0.15, 0.2) is 0 Å². The number of nitrogens with zero attached hydrogens (tertiary/aromatic N) is 2. The van der Waals surface area contributed by atoms with Crippen molar-refractivity contribution in [1.29, 1.82) is 0 Å². The van der Waals surface area contributed by atoms with E-state index in [0.29, 0.717) is 18.3 Å². The second-order valence-electron chi connectivity index (χ2n) is 7.76. The highest BCUT2D eigenvalue weighted by Gasteiger charge is 2.23. The molecular weight excluding hydrogens is 416 g/mol. The molecule has 0 saturated heterocycles. The lowest BCUT2D eigenvalue weighted by atomic mass is 9.86. The van der Waals surface area contributed by atoms with Crippen LogP contribution in [0.15, 0.2) is 24.3 Å². The Morgan fingerprint density at radius 1 is 1.12 bits per heavy atom. The number of nitrogen functional groups attached to an aromatic ring is 2. The van der Waals surface area contributed by atoms with Gasteiger partial charge in [0.2, 0.25) is 5.95 Å². The molecular formula is C21H26N6O5. The Labute approximate surface area is 184 Å². The van der Waals surface area contributed by atoms with Crippen molar-refractivity contribution in [2.75, 3.05) is 23.3 Å². The van der Waals surface area contributed by atoms with Crippen LogP contribution in [-0.2, 0) is 22.4 Å². The molecule has 1 aliphatic carbocycles. The molecule has 3 rings (SSSR count). The van der Waals surface area contributed by atoms with Gasteiger partial charge < -0.3 is 32.3 Å². The van der Waals surface area contributed by atoms with Gasteiger partial charge in [0.1, 0.15) is 11.9 Å². The molecule has 0 saturated carbocycles. The van der Waals surface area contributed by atoms with Crippen LogP contribution in [0.5, 0.6) is 0 Å². The molecule has 1 unspecified atom stereocenters. The number of carboxylic acid groups (broad SMARTS) is 2. The summed E-state index contributed by atoms with van der Waals surface area (Å²) in [5.74, 6) is -2.02. The van der Waals surface area contributed by atoms with Gasteiger partial charge in [0.25, 0.3) is 5.91 Å². The smallest absolute Gasteiger partial charge is 0.326 e. The standard InChI is InChI=1S/C21H26N6O5/c22-18-14-9-11(1-6-15(14)26-21(23)27-18)10-24-13-4-2-12(3-5-13)19(30)25-16(20(31)32)7-8-17(28)29/h2-5,11,16,24H,1,6-10H2,(H,25,30)(H,28,29)(H,31,32)(H4,22,23,26,27)/t11?,16-/m0/s1. The molecule has 32 heavy (non-hydrogen) atoms. The van der Waals surface area contributed by atoms with Gasteiger partial charge in [-0.05, 0) is 55.9 Å². The molecule has 1 aromatic carbocycles. The average molecular weight is 442 g/mol. The third kappa shape index (κ3) is 5.84. The van der Waals surface area contributed by atoms with Crippen LogP contribution in [0.25, 0.3) is 0 Å². The summed E-state index contributed by atoms with van der Waals surface area (Å²) in [5.41, 5.74) is 14.6. The predicted octanol–water partition coefficient (Wildman–Crippen LogP) is 0.906. The minimum absolute atomic E-state index is 0.192. The zero-order chi connectivity index (χ0) is 23.3. The number of nitrogens with one attached hydrogen (secondary N) is 2. The SMILES string of the molecule is Nc1nc(N)c2c(n1)CCC(CNc1ccc(C(=O)N[C@@H](CCC(=O)O)C(=O)O)cc1)C2. The molecule has 1 heterocycles. The number of hydrogen-bond acceptors (Lipinski definition) is 8. The maximum atomic E-state index is 12.3. The molecule has 2 atom stereocenters. The highest BCUT2D eigenvalue weighted by atomic mass is 16.4. The molecule has 1 aromatic heterocycles. The van der Waals surface area contributed by atoms with E-state index in [4.69, 9.17) is 16.6 Å². The van der Waals surface area contributed by atoms with Gasteiger partial charge in [-0.3, -0.25) is 9.59 Å². The van der Waals surface area contributed by atoms with E-state index in [1.807, 2.05) is 0 Å². The predicted molar refractivity (Wildman–Crippen MR) is 117 cm³/mol. The van der Waals surface area contributed by atoms with Crippen LogP contribution in [-0.4, -0.2) is 50.6 Å². The van der Waals surface area contributed by atoms with Crippen LogP contribution in [0.4, 0.5) is 17.5 Å². The Bertz CT molecular complexity index is 1010. The summed E-state index contributed by atoms with van der Waals surface area (Å²) in [6.07, 6.45) is 1.93. The quantitative estimate of drug-likeness (QED) is 0.325. The number of nitrogens with two attached hydrogens (primary N) is 2. The first-order valence-electron chi connectivity index (χ1n) is 10.2. The first kappa shape index (κ1) is 22.8. The van der Waals surface area contributed by atoms with Crippen LogP contribution in [0.1, 0.15) is 40.9 Å². The number of aliphatic carboxylic acids is 2. The lowest BCUT2D eigenvalue weighted by molar-refractivity contribution is -0.140. The number of benzene rings is 1. The fourth-order valence-electron chi connectivity index (χ4n) is 3.67. The van der Waals surface area contributed by atoms with Gasteiger partial charge in [-0.15, -0.1) is 0 Å². The lowest BCUT2D eigenvalue weighted by Crippen LogP contribution is -2.41. The van der Waals surface area contributed by atoms with Crippen LogP contribution in [0.2, 0.25) is 0 Å². The van der Waals surface area contributed by atoms with E-state index in [1.54, 1.807) is 24.3 Å². The van der Waals surface area contributed by atoms with E-state index >= 15 is 0 Å². The Kier molecular flexibility index (Phi) is 7.08. The summed E-state index contributed by atoms with van der Waals surface area (Å²) in [5, 5.41) is 23.6. The number of carbonyl (C=O) groups is 3. The number of anilines is 3. The zero-order valence-electron chi connectivity index (χ0n) is 17.4. The Morgan fingerprint density at radius 3 is 2.50 bits per heavy atom. The minimum atomic E-state index is -1.28. The topological polar surface area (TPSA) is 194 Å². The fraction of sp³-hybridized carbons (Fsp3) is 0.381. The van der Waals surface area contributed by atoms with Gasteiger partial charge >= 0.3 is 11.9 Å². The second kappa shape index (κ2) is 9.94. The molecule has 11 nitrogen and oxygen atoms in total. The van der Waals surface area contributed by atoms with E-state index < -0.39 is 23.9 Å². The first-order valence-corrected chi connectivity index (χ1v) is 10.2. The Hall–Kier alpha value is -3.89. The number of hydrogen-bond donors (Lipinski definition) is 6. The van der Waals surface area contributed by atoms with Gasteiger partial charge in [-0.1, -0.05) is 0 Å². The van der Waals surface area contributed by atoms with Crippen molar-refractivity contribution in [3.63, 3.8) is 0 Å². The van der Waals surface area contributed by atoms with Crippen molar-refractivity contribution in [3.8, 4) is 0 Å². The van der Waals surface area contributed by atoms with Gasteiger partial charge in [0.05, 0.1) is 5.69 Å². The van der Waals surface area contributed by atoms with Crippen LogP contribution < -0.4 is 22.1 Å². The number of aryl methyl sites for hydroxylation is 1. The largest absolute Gasteiger partial charge is 0.481 e. The molecule has 170 valence electrons. The van der Waals surface area contributed by atoms with E-state index in [9.17, 15) is 19.5 Å². The first-order chi connectivity index (χ1) is 15.2. The summed E-state index contributed by atoms with van der Waals surface area (Å²) in [6.45, 7) is 0.699. The van der Waals surface area contributed by atoms with E-state index in [0.717, 1.165) is 36.2 Å². The molecule has 0 fully saturated rings. The Morgan fingerprint density at radius 2 is 1.84 bits per heavy atom. The third-order valence-corrected chi connectivity index (χ3v) is 5.42. The third-order valence-electron chi connectivity index (χ3n) is 5.42. The normalized spacial score (nSPS) is 15.9. The van der Waals surface area contributed by atoms with E-state index in [-0.39, 0.29) is 24.4 Å². The van der Waals surface area contributed by atoms with Crippen molar-refractivity contribution < 1.29 is 24.6 Å². The molecule has 1 amide bonds. The van der Waals surface area contributed by atoms with E-state index in [2.05, 4.69) is 20.6 Å². The summed E-state index contributed by atoms with van der Waals surface area (Å²) < 4.78 is 0. The maximum absolute atomic E-state index is 12.3. The summed E-state index contributed by atoms with van der Waals surface area (Å²) in [7, 11) is 0. The van der Waals surface area contributed by atoms with Crippen molar-refractivity contribution in [1.82, 2.24) is 15.3 Å². The van der Waals surface area contributed by atoms with Gasteiger partial charge in [0, 0.05) is 29.8 Å². The molecule has 0 aliphatic heterocycles. The number of carboxylic acids is 2. The monoisotopic (exact) mass is 442 g/mol. The van der Waals surface area contributed by atoms with Crippen LogP contribution in [0.3, 0.4) is 0 Å². The molecule has 2 aromatic rings. The summed E-state index contributed by atoms with van der Waals surface area (Å²) >= 11 is 0. The van der Waals surface area contributed by atoms with Crippen molar-refractivity contribution in [3.05, 3.63) is 41.1 Å². The number of fused-ring (bicyclic) bond motifs is 1. The molecule has 0 spiro atoms. The molecule has 0 radical (unpaired) electrons. The summed E-state index contributed by atoms with van der Waals surface area (Å²) in [6, 6.07) is 5.36. The Balaban J connectivity index is 1.54.